The standard InChI is InChI=1S/C32H34O2/c1-7-32(6,30-10-8-26(33)18-28(30)24-14-20(2)12-21(3)15-24)31-11-9-27(34)19-29(31)25-16-22(4)13-23(5)17-25/h8-19,33-34H,7H2,1-6H3. The zero-order valence-electron chi connectivity index (χ0n) is 21.0. The van der Waals surface area contributed by atoms with Crippen LogP contribution in [0.5, 0.6) is 11.5 Å². The first-order valence-corrected chi connectivity index (χ1v) is 11.9. The Hall–Kier alpha value is -3.52. The predicted molar refractivity (Wildman–Crippen MR) is 143 cm³/mol. The summed E-state index contributed by atoms with van der Waals surface area (Å²) < 4.78 is 0. The lowest BCUT2D eigenvalue weighted by molar-refractivity contribution is 0.473. The molecule has 0 fully saturated rings. The van der Waals surface area contributed by atoms with Crippen molar-refractivity contribution in [1.29, 1.82) is 0 Å². The van der Waals surface area contributed by atoms with E-state index in [0.29, 0.717) is 0 Å². The van der Waals surface area contributed by atoms with Crippen molar-refractivity contribution in [3.63, 3.8) is 0 Å². The highest BCUT2D eigenvalue weighted by atomic mass is 16.3. The van der Waals surface area contributed by atoms with Gasteiger partial charge in [-0.2, -0.15) is 0 Å². The average Bonchev–Trinajstić information content (AvgIpc) is 2.77. The zero-order chi connectivity index (χ0) is 24.6. The van der Waals surface area contributed by atoms with Crippen LogP contribution in [0.25, 0.3) is 22.3 Å². The maximum Gasteiger partial charge on any atom is 0.116 e. The van der Waals surface area contributed by atoms with Crippen molar-refractivity contribution in [2.75, 3.05) is 0 Å². The Morgan fingerprint density at radius 1 is 0.559 bits per heavy atom. The molecule has 0 saturated carbocycles. The smallest absolute Gasteiger partial charge is 0.116 e. The summed E-state index contributed by atoms with van der Waals surface area (Å²) in [7, 11) is 0. The number of aryl methyl sites for hydroxylation is 4. The molecule has 174 valence electrons. The Balaban J connectivity index is 2.01. The average molecular weight is 451 g/mol. The van der Waals surface area contributed by atoms with E-state index in [1.165, 1.54) is 22.3 Å². The van der Waals surface area contributed by atoms with Crippen molar-refractivity contribution < 1.29 is 10.2 Å². The Bertz CT molecular complexity index is 1220. The number of phenols is 2. The first kappa shape index (κ1) is 23.6. The van der Waals surface area contributed by atoms with Crippen LogP contribution in [0.3, 0.4) is 0 Å². The molecule has 0 amide bonds. The molecule has 0 bridgehead atoms. The summed E-state index contributed by atoms with van der Waals surface area (Å²) in [6.45, 7) is 12.9. The van der Waals surface area contributed by atoms with E-state index in [2.05, 4.69) is 90.1 Å². The summed E-state index contributed by atoms with van der Waals surface area (Å²) in [4.78, 5) is 0. The van der Waals surface area contributed by atoms with E-state index in [1.807, 2.05) is 12.1 Å². The second-order valence-corrected chi connectivity index (χ2v) is 9.90. The van der Waals surface area contributed by atoms with Crippen LogP contribution in [0.1, 0.15) is 53.6 Å². The molecule has 0 heterocycles. The molecule has 0 aromatic heterocycles. The Labute approximate surface area is 203 Å². The third-order valence-electron chi connectivity index (χ3n) is 6.97. The molecule has 0 aliphatic carbocycles. The van der Waals surface area contributed by atoms with Crippen molar-refractivity contribution in [1.82, 2.24) is 0 Å². The normalized spacial score (nSPS) is 11.6. The van der Waals surface area contributed by atoms with Crippen LogP contribution in [-0.2, 0) is 5.41 Å². The fourth-order valence-electron chi connectivity index (χ4n) is 5.29. The molecule has 0 atom stereocenters. The van der Waals surface area contributed by atoms with Gasteiger partial charge in [-0.3, -0.25) is 0 Å². The lowest BCUT2D eigenvalue weighted by atomic mass is 9.69. The minimum absolute atomic E-state index is 0.261. The second kappa shape index (κ2) is 9.02. The van der Waals surface area contributed by atoms with Gasteiger partial charge < -0.3 is 10.2 Å². The van der Waals surface area contributed by atoms with E-state index in [9.17, 15) is 10.2 Å². The van der Waals surface area contributed by atoms with E-state index in [1.54, 1.807) is 12.1 Å². The minimum Gasteiger partial charge on any atom is -0.508 e. The van der Waals surface area contributed by atoms with Crippen LogP contribution < -0.4 is 0 Å². The maximum atomic E-state index is 10.4. The Morgan fingerprint density at radius 2 is 0.912 bits per heavy atom. The van der Waals surface area contributed by atoms with Crippen LogP contribution in [0.2, 0.25) is 0 Å². The molecular weight excluding hydrogens is 416 g/mol. The first-order valence-electron chi connectivity index (χ1n) is 11.9. The van der Waals surface area contributed by atoms with Crippen molar-refractivity contribution >= 4 is 0 Å². The number of benzene rings is 4. The van der Waals surface area contributed by atoms with E-state index in [-0.39, 0.29) is 16.9 Å². The van der Waals surface area contributed by atoms with Gasteiger partial charge in [0, 0.05) is 5.41 Å². The molecule has 0 aliphatic rings. The number of phenolic OH excluding ortho intramolecular Hbond substituents is 2. The van der Waals surface area contributed by atoms with Crippen molar-refractivity contribution in [3.8, 4) is 33.8 Å². The van der Waals surface area contributed by atoms with E-state index in [0.717, 1.165) is 39.8 Å². The van der Waals surface area contributed by atoms with E-state index in [4.69, 9.17) is 0 Å². The summed E-state index contributed by atoms with van der Waals surface area (Å²) in [5, 5.41) is 20.9. The van der Waals surface area contributed by atoms with Gasteiger partial charge in [0.1, 0.15) is 11.5 Å². The predicted octanol–water partition coefficient (Wildman–Crippen LogP) is 8.38. The van der Waals surface area contributed by atoms with E-state index >= 15 is 0 Å². The van der Waals surface area contributed by atoms with Crippen molar-refractivity contribution in [2.45, 2.75) is 53.4 Å². The van der Waals surface area contributed by atoms with Crippen LogP contribution in [0.4, 0.5) is 0 Å². The fraction of sp³-hybridized carbons (Fsp3) is 0.250. The largest absolute Gasteiger partial charge is 0.508 e. The van der Waals surface area contributed by atoms with Gasteiger partial charge in [0.15, 0.2) is 0 Å². The quantitative estimate of drug-likeness (QED) is 0.320. The van der Waals surface area contributed by atoms with Crippen LogP contribution in [0.15, 0.2) is 72.8 Å². The number of aromatic hydroxyl groups is 2. The van der Waals surface area contributed by atoms with Gasteiger partial charge in [-0.15, -0.1) is 0 Å². The number of hydrogen-bond acceptors (Lipinski definition) is 2. The summed E-state index contributed by atoms with van der Waals surface area (Å²) in [6, 6.07) is 24.5. The lowest BCUT2D eigenvalue weighted by Crippen LogP contribution is -2.24. The summed E-state index contributed by atoms with van der Waals surface area (Å²) in [5.74, 6) is 0.521. The summed E-state index contributed by atoms with van der Waals surface area (Å²) >= 11 is 0. The second-order valence-electron chi connectivity index (χ2n) is 9.90. The fourth-order valence-corrected chi connectivity index (χ4v) is 5.29. The van der Waals surface area contributed by atoms with Crippen LogP contribution >= 0.6 is 0 Å². The van der Waals surface area contributed by atoms with Gasteiger partial charge >= 0.3 is 0 Å². The molecule has 0 spiro atoms. The van der Waals surface area contributed by atoms with Gasteiger partial charge in [-0.25, -0.2) is 0 Å². The molecule has 2 nitrogen and oxygen atoms in total. The Kier molecular flexibility index (Phi) is 6.27. The summed E-state index contributed by atoms with van der Waals surface area (Å²) in [5.41, 5.74) is 11.1. The third kappa shape index (κ3) is 4.46. The topological polar surface area (TPSA) is 40.5 Å². The molecule has 4 aromatic rings. The maximum absolute atomic E-state index is 10.4. The molecule has 2 N–H and O–H groups in total. The molecule has 4 rings (SSSR count). The molecule has 0 unspecified atom stereocenters. The number of hydrogen-bond donors (Lipinski definition) is 2. The lowest BCUT2D eigenvalue weighted by Gasteiger charge is -2.34. The van der Waals surface area contributed by atoms with Crippen LogP contribution in [-0.4, -0.2) is 10.2 Å². The molecule has 2 heteroatoms. The van der Waals surface area contributed by atoms with Crippen molar-refractivity contribution in [2.24, 2.45) is 0 Å². The first-order chi connectivity index (χ1) is 16.1. The molecule has 0 aliphatic heterocycles. The zero-order valence-corrected chi connectivity index (χ0v) is 21.0. The SMILES string of the molecule is CCC(C)(c1ccc(O)cc1-c1cc(C)cc(C)c1)c1ccc(O)cc1-c1cc(C)cc(C)c1. The molecule has 0 radical (unpaired) electrons. The van der Waals surface area contributed by atoms with E-state index < -0.39 is 0 Å². The highest BCUT2D eigenvalue weighted by Gasteiger charge is 2.32. The van der Waals surface area contributed by atoms with Gasteiger partial charge in [0.05, 0.1) is 0 Å². The van der Waals surface area contributed by atoms with Gasteiger partial charge in [-0.1, -0.05) is 84.6 Å². The minimum atomic E-state index is -0.346. The molecule has 4 aromatic carbocycles. The number of rotatable bonds is 5. The van der Waals surface area contributed by atoms with Gasteiger partial charge in [0.2, 0.25) is 0 Å². The molecule has 0 saturated heterocycles. The summed E-state index contributed by atoms with van der Waals surface area (Å²) in [6.07, 6.45) is 0.859. The highest BCUT2D eigenvalue weighted by molar-refractivity contribution is 5.77. The highest BCUT2D eigenvalue weighted by Crippen LogP contribution is 2.46. The Morgan fingerprint density at radius 3 is 1.24 bits per heavy atom. The van der Waals surface area contributed by atoms with Crippen molar-refractivity contribution in [3.05, 3.63) is 106 Å². The molecule has 34 heavy (non-hydrogen) atoms. The third-order valence-corrected chi connectivity index (χ3v) is 6.97. The molecular formula is C32H34O2. The van der Waals surface area contributed by atoms with Gasteiger partial charge in [-0.05, 0) is 91.8 Å². The van der Waals surface area contributed by atoms with Gasteiger partial charge in [0.25, 0.3) is 0 Å². The monoisotopic (exact) mass is 450 g/mol. The van der Waals surface area contributed by atoms with Crippen LogP contribution in [0, 0.1) is 27.7 Å².